The van der Waals surface area contributed by atoms with Gasteiger partial charge in [0.05, 0.1) is 11.4 Å². The molecule has 1 heterocycles. The SMILES string of the molecule is CC/C=C\c1nccnc1C. The normalized spacial score (nSPS) is 10.7. The average Bonchev–Trinajstić information content (AvgIpc) is 2.03. The third kappa shape index (κ3) is 2.15. The van der Waals surface area contributed by atoms with Crippen molar-refractivity contribution in [2.45, 2.75) is 20.3 Å². The Balaban J connectivity index is 2.86. The molecule has 0 radical (unpaired) electrons. The highest BCUT2D eigenvalue weighted by Gasteiger charge is 1.91. The Morgan fingerprint density at radius 3 is 2.73 bits per heavy atom. The summed E-state index contributed by atoms with van der Waals surface area (Å²) in [5.74, 6) is 0. The first-order valence-electron chi connectivity index (χ1n) is 3.78. The molecule has 0 aliphatic heterocycles. The fourth-order valence-electron chi connectivity index (χ4n) is 0.811. The van der Waals surface area contributed by atoms with Crippen LogP contribution in [0.4, 0.5) is 0 Å². The summed E-state index contributed by atoms with van der Waals surface area (Å²) in [5, 5.41) is 0. The van der Waals surface area contributed by atoms with Gasteiger partial charge in [0, 0.05) is 12.4 Å². The van der Waals surface area contributed by atoms with Gasteiger partial charge < -0.3 is 0 Å². The van der Waals surface area contributed by atoms with E-state index >= 15 is 0 Å². The molecule has 1 rings (SSSR count). The molecule has 0 aliphatic carbocycles. The molecule has 58 valence electrons. The summed E-state index contributed by atoms with van der Waals surface area (Å²) in [6, 6.07) is 0. The van der Waals surface area contributed by atoms with Crippen molar-refractivity contribution in [3.63, 3.8) is 0 Å². The van der Waals surface area contributed by atoms with Gasteiger partial charge in [-0.2, -0.15) is 0 Å². The van der Waals surface area contributed by atoms with Gasteiger partial charge in [0.25, 0.3) is 0 Å². The van der Waals surface area contributed by atoms with Crippen molar-refractivity contribution in [2.24, 2.45) is 0 Å². The molecule has 0 fully saturated rings. The summed E-state index contributed by atoms with van der Waals surface area (Å²) in [7, 11) is 0. The molecule has 0 bridgehead atoms. The predicted octanol–water partition coefficient (Wildman–Crippen LogP) is 2.21. The molecule has 0 unspecified atom stereocenters. The van der Waals surface area contributed by atoms with Crippen LogP contribution < -0.4 is 0 Å². The van der Waals surface area contributed by atoms with Crippen LogP contribution >= 0.6 is 0 Å². The van der Waals surface area contributed by atoms with Crippen LogP contribution in [-0.2, 0) is 0 Å². The van der Waals surface area contributed by atoms with E-state index < -0.39 is 0 Å². The maximum Gasteiger partial charge on any atom is 0.0838 e. The van der Waals surface area contributed by atoms with Crippen molar-refractivity contribution in [3.8, 4) is 0 Å². The Kier molecular flexibility index (Phi) is 2.78. The lowest BCUT2D eigenvalue weighted by atomic mass is 10.3. The number of hydrogen-bond donors (Lipinski definition) is 0. The Morgan fingerprint density at radius 2 is 2.09 bits per heavy atom. The Bertz CT molecular complexity index is 253. The zero-order valence-corrected chi connectivity index (χ0v) is 6.91. The van der Waals surface area contributed by atoms with Crippen molar-refractivity contribution in [1.82, 2.24) is 9.97 Å². The highest BCUT2D eigenvalue weighted by Crippen LogP contribution is 2.01. The minimum Gasteiger partial charge on any atom is -0.258 e. The average molecular weight is 148 g/mol. The van der Waals surface area contributed by atoms with Crippen LogP contribution in [0.5, 0.6) is 0 Å². The summed E-state index contributed by atoms with van der Waals surface area (Å²) in [5.41, 5.74) is 1.95. The summed E-state index contributed by atoms with van der Waals surface area (Å²) in [4.78, 5) is 8.28. The molecule has 11 heavy (non-hydrogen) atoms. The number of allylic oxidation sites excluding steroid dienone is 1. The summed E-state index contributed by atoms with van der Waals surface area (Å²) < 4.78 is 0. The van der Waals surface area contributed by atoms with Gasteiger partial charge in [-0.1, -0.05) is 13.0 Å². The molecule has 0 saturated heterocycles. The van der Waals surface area contributed by atoms with E-state index in [4.69, 9.17) is 0 Å². The van der Waals surface area contributed by atoms with E-state index in [-0.39, 0.29) is 0 Å². The van der Waals surface area contributed by atoms with Crippen molar-refractivity contribution < 1.29 is 0 Å². The van der Waals surface area contributed by atoms with Crippen molar-refractivity contribution in [2.75, 3.05) is 0 Å². The Morgan fingerprint density at radius 1 is 1.36 bits per heavy atom. The number of aryl methyl sites for hydroxylation is 1. The first-order chi connectivity index (χ1) is 5.34. The topological polar surface area (TPSA) is 25.8 Å². The quantitative estimate of drug-likeness (QED) is 0.642. The third-order valence-electron chi connectivity index (χ3n) is 1.43. The lowest BCUT2D eigenvalue weighted by molar-refractivity contribution is 1.09. The van der Waals surface area contributed by atoms with Gasteiger partial charge in [-0.3, -0.25) is 9.97 Å². The number of hydrogen-bond acceptors (Lipinski definition) is 2. The first-order valence-corrected chi connectivity index (χ1v) is 3.78. The maximum atomic E-state index is 4.17. The van der Waals surface area contributed by atoms with E-state index in [1.807, 2.05) is 13.0 Å². The van der Waals surface area contributed by atoms with Gasteiger partial charge in [0.15, 0.2) is 0 Å². The molecule has 2 heteroatoms. The van der Waals surface area contributed by atoms with E-state index in [9.17, 15) is 0 Å². The van der Waals surface area contributed by atoms with Gasteiger partial charge in [-0.05, 0) is 19.4 Å². The van der Waals surface area contributed by atoms with E-state index in [2.05, 4.69) is 23.0 Å². The van der Waals surface area contributed by atoms with Crippen LogP contribution in [0.15, 0.2) is 18.5 Å². The molecule has 0 spiro atoms. The van der Waals surface area contributed by atoms with Gasteiger partial charge >= 0.3 is 0 Å². The minimum atomic E-state index is 0.967. The second-order valence-corrected chi connectivity index (χ2v) is 2.34. The second kappa shape index (κ2) is 3.86. The zero-order chi connectivity index (χ0) is 8.10. The van der Waals surface area contributed by atoms with Crippen LogP contribution in [0.25, 0.3) is 6.08 Å². The van der Waals surface area contributed by atoms with Crippen LogP contribution in [0.2, 0.25) is 0 Å². The molecule has 0 aliphatic rings. The van der Waals surface area contributed by atoms with E-state index in [1.54, 1.807) is 12.4 Å². The highest BCUT2D eigenvalue weighted by molar-refractivity contribution is 5.46. The largest absolute Gasteiger partial charge is 0.258 e. The highest BCUT2D eigenvalue weighted by atomic mass is 14.8. The van der Waals surface area contributed by atoms with Crippen LogP contribution in [0, 0.1) is 6.92 Å². The zero-order valence-electron chi connectivity index (χ0n) is 6.91. The minimum absolute atomic E-state index is 0.967. The lowest BCUT2D eigenvalue weighted by Crippen LogP contribution is -1.88. The molecule has 1 aromatic rings. The molecule has 0 aromatic carbocycles. The van der Waals surface area contributed by atoms with Crippen molar-refractivity contribution in [1.29, 1.82) is 0 Å². The number of rotatable bonds is 2. The first kappa shape index (κ1) is 7.92. The van der Waals surface area contributed by atoms with Crippen molar-refractivity contribution in [3.05, 3.63) is 29.9 Å². The number of aromatic nitrogens is 2. The van der Waals surface area contributed by atoms with Gasteiger partial charge in [-0.25, -0.2) is 0 Å². The predicted molar refractivity (Wildman–Crippen MR) is 46.1 cm³/mol. The summed E-state index contributed by atoms with van der Waals surface area (Å²) in [6.45, 7) is 4.06. The Labute approximate surface area is 67.0 Å². The van der Waals surface area contributed by atoms with Crippen molar-refractivity contribution >= 4 is 6.08 Å². The van der Waals surface area contributed by atoms with Crippen LogP contribution in [0.3, 0.4) is 0 Å². The van der Waals surface area contributed by atoms with Gasteiger partial charge in [0.1, 0.15) is 0 Å². The smallest absolute Gasteiger partial charge is 0.0838 e. The van der Waals surface area contributed by atoms with Gasteiger partial charge in [-0.15, -0.1) is 0 Å². The van der Waals surface area contributed by atoms with Crippen LogP contribution in [-0.4, -0.2) is 9.97 Å². The second-order valence-electron chi connectivity index (χ2n) is 2.34. The van der Waals surface area contributed by atoms with Crippen LogP contribution in [0.1, 0.15) is 24.7 Å². The molecular weight excluding hydrogens is 136 g/mol. The number of nitrogens with zero attached hydrogens (tertiary/aromatic N) is 2. The Hall–Kier alpha value is -1.18. The lowest BCUT2D eigenvalue weighted by Gasteiger charge is -1.94. The molecule has 2 nitrogen and oxygen atoms in total. The van der Waals surface area contributed by atoms with E-state index in [0.29, 0.717) is 0 Å². The molecule has 1 aromatic heterocycles. The van der Waals surface area contributed by atoms with E-state index in [0.717, 1.165) is 17.8 Å². The van der Waals surface area contributed by atoms with E-state index in [1.165, 1.54) is 0 Å². The molecule has 0 atom stereocenters. The standard InChI is InChI=1S/C9H12N2/c1-3-4-5-9-8(2)10-6-7-11-9/h4-7H,3H2,1-2H3/b5-4-. The summed E-state index contributed by atoms with van der Waals surface area (Å²) in [6.07, 6.45) is 8.54. The summed E-state index contributed by atoms with van der Waals surface area (Å²) >= 11 is 0. The molecular formula is C9H12N2. The fourth-order valence-corrected chi connectivity index (χ4v) is 0.811. The molecule has 0 saturated carbocycles. The molecule has 0 N–H and O–H groups in total. The third-order valence-corrected chi connectivity index (χ3v) is 1.43. The fraction of sp³-hybridized carbons (Fsp3) is 0.333. The monoisotopic (exact) mass is 148 g/mol. The van der Waals surface area contributed by atoms with Gasteiger partial charge in [0.2, 0.25) is 0 Å². The maximum absolute atomic E-state index is 4.17. The molecule has 0 amide bonds.